The van der Waals surface area contributed by atoms with Crippen molar-refractivity contribution in [2.75, 3.05) is 13.1 Å². The van der Waals surface area contributed by atoms with Gasteiger partial charge in [0.25, 0.3) is 5.91 Å². The number of hydrogen-bond acceptors (Lipinski definition) is 3. The minimum atomic E-state index is -3.56. The van der Waals surface area contributed by atoms with E-state index >= 15 is 0 Å². The maximum atomic E-state index is 13.1. The lowest BCUT2D eigenvalue weighted by Crippen LogP contribution is -2.45. The van der Waals surface area contributed by atoms with Gasteiger partial charge in [0, 0.05) is 24.2 Å². The molecule has 8 heteroatoms. The van der Waals surface area contributed by atoms with Crippen LogP contribution in [0.25, 0.3) is 0 Å². The zero-order valence-electron chi connectivity index (χ0n) is 16.2. The van der Waals surface area contributed by atoms with Crippen LogP contribution in [0.3, 0.4) is 0 Å². The zero-order chi connectivity index (χ0) is 21.0. The van der Waals surface area contributed by atoms with Gasteiger partial charge < -0.3 is 5.32 Å². The highest BCUT2D eigenvalue weighted by atomic mass is 35.5. The van der Waals surface area contributed by atoms with E-state index in [0.29, 0.717) is 35.0 Å². The summed E-state index contributed by atoms with van der Waals surface area (Å²) in [6, 6.07) is 11.5. The van der Waals surface area contributed by atoms with E-state index in [9.17, 15) is 13.2 Å². The van der Waals surface area contributed by atoms with E-state index in [1.807, 2.05) is 19.1 Å². The fraction of sp³-hybridized carbons (Fsp3) is 0.381. The van der Waals surface area contributed by atoms with E-state index in [4.69, 9.17) is 23.2 Å². The molecular formula is C21H24Cl2N2O3S. The van der Waals surface area contributed by atoms with Gasteiger partial charge in [-0.25, -0.2) is 8.42 Å². The van der Waals surface area contributed by atoms with Gasteiger partial charge in [-0.3, -0.25) is 4.79 Å². The topological polar surface area (TPSA) is 66.5 Å². The van der Waals surface area contributed by atoms with Crippen LogP contribution in [0.1, 0.15) is 41.6 Å². The summed E-state index contributed by atoms with van der Waals surface area (Å²) in [5, 5.41) is 3.59. The van der Waals surface area contributed by atoms with E-state index in [2.05, 4.69) is 5.32 Å². The monoisotopic (exact) mass is 454 g/mol. The molecule has 1 saturated heterocycles. The van der Waals surface area contributed by atoms with E-state index < -0.39 is 10.0 Å². The van der Waals surface area contributed by atoms with Crippen molar-refractivity contribution in [3.63, 3.8) is 0 Å². The highest BCUT2D eigenvalue weighted by molar-refractivity contribution is 7.89. The molecule has 2 aromatic carbocycles. The Morgan fingerprint density at radius 2 is 1.86 bits per heavy atom. The average molecular weight is 455 g/mol. The zero-order valence-corrected chi connectivity index (χ0v) is 18.5. The van der Waals surface area contributed by atoms with Crippen LogP contribution in [0.5, 0.6) is 0 Å². The molecule has 5 nitrogen and oxygen atoms in total. The van der Waals surface area contributed by atoms with Gasteiger partial charge in [0.15, 0.2) is 0 Å². The number of piperidine rings is 1. The number of aryl methyl sites for hydroxylation is 1. The molecular weight excluding hydrogens is 431 g/mol. The lowest BCUT2D eigenvalue weighted by atomic mass is 10.0. The highest BCUT2D eigenvalue weighted by Crippen LogP contribution is 2.27. The standard InChI is InChI=1S/C21H24Cl2N2O3S/c1-15-5-8-18(9-6-15)29(27,28)25-13-3-2-4-17(25)11-12-24-21(26)19-10-7-16(22)14-20(19)23/h5-10,14,17H,2-4,11-13H2,1H3,(H,24,26). The number of benzene rings is 2. The van der Waals surface area contributed by atoms with Crippen molar-refractivity contribution < 1.29 is 13.2 Å². The Hall–Kier alpha value is -1.60. The van der Waals surface area contributed by atoms with Gasteiger partial charge in [0.2, 0.25) is 10.0 Å². The minimum absolute atomic E-state index is 0.143. The number of nitrogens with one attached hydrogen (secondary N) is 1. The van der Waals surface area contributed by atoms with Gasteiger partial charge in [-0.2, -0.15) is 4.31 Å². The molecule has 0 spiro atoms. The van der Waals surface area contributed by atoms with Gasteiger partial charge >= 0.3 is 0 Å². The number of sulfonamides is 1. The fourth-order valence-corrected chi connectivity index (χ4v) is 5.76. The molecule has 2 aromatic rings. The Morgan fingerprint density at radius 3 is 2.55 bits per heavy atom. The van der Waals surface area contributed by atoms with Gasteiger partial charge in [-0.05, 0) is 56.5 Å². The molecule has 156 valence electrons. The number of nitrogens with zero attached hydrogens (tertiary/aromatic N) is 1. The SMILES string of the molecule is Cc1ccc(S(=O)(=O)N2CCCCC2CCNC(=O)c2ccc(Cl)cc2Cl)cc1. The van der Waals surface area contributed by atoms with Crippen molar-refractivity contribution in [2.24, 2.45) is 0 Å². The molecule has 29 heavy (non-hydrogen) atoms. The van der Waals surface area contributed by atoms with Gasteiger partial charge in [-0.1, -0.05) is 47.3 Å². The lowest BCUT2D eigenvalue weighted by Gasteiger charge is -2.34. The molecule has 0 aromatic heterocycles. The summed E-state index contributed by atoms with van der Waals surface area (Å²) in [5.74, 6) is -0.296. The molecule has 1 N–H and O–H groups in total. The number of amides is 1. The van der Waals surface area contributed by atoms with Crippen molar-refractivity contribution in [2.45, 2.75) is 43.5 Å². The fourth-order valence-electron chi connectivity index (χ4n) is 3.55. The molecule has 0 aliphatic carbocycles. The van der Waals surface area contributed by atoms with Crippen molar-refractivity contribution in [1.29, 1.82) is 0 Å². The maximum Gasteiger partial charge on any atom is 0.252 e. The molecule has 1 aliphatic heterocycles. The van der Waals surface area contributed by atoms with Gasteiger partial charge in [0.1, 0.15) is 0 Å². The Morgan fingerprint density at radius 1 is 1.14 bits per heavy atom. The number of hydrogen-bond donors (Lipinski definition) is 1. The van der Waals surface area contributed by atoms with Crippen LogP contribution in [0, 0.1) is 6.92 Å². The largest absolute Gasteiger partial charge is 0.352 e. The minimum Gasteiger partial charge on any atom is -0.352 e. The summed E-state index contributed by atoms with van der Waals surface area (Å²) in [7, 11) is -3.56. The summed E-state index contributed by atoms with van der Waals surface area (Å²) in [4.78, 5) is 12.7. The Kier molecular flexibility index (Phi) is 7.22. The first-order valence-corrected chi connectivity index (χ1v) is 11.8. The third-order valence-corrected chi connectivity index (χ3v) is 7.65. The first-order chi connectivity index (χ1) is 13.8. The molecule has 0 saturated carbocycles. The second-order valence-corrected chi connectivity index (χ2v) is 9.98. The molecule has 1 fully saturated rings. The molecule has 1 amide bonds. The number of rotatable bonds is 6. The molecule has 1 unspecified atom stereocenters. The normalized spacial score (nSPS) is 17.8. The highest BCUT2D eigenvalue weighted by Gasteiger charge is 2.33. The number of carbonyl (C=O) groups is 1. The summed E-state index contributed by atoms with van der Waals surface area (Å²) in [5.41, 5.74) is 1.37. The maximum absolute atomic E-state index is 13.1. The van der Waals surface area contributed by atoms with Crippen LogP contribution in [0.15, 0.2) is 47.4 Å². The van der Waals surface area contributed by atoms with Crippen molar-refractivity contribution >= 4 is 39.1 Å². The second kappa shape index (κ2) is 9.47. The average Bonchev–Trinajstić information content (AvgIpc) is 2.68. The predicted molar refractivity (Wildman–Crippen MR) is 116 cm³/mol. The smallest absolute Gasteiger partial charge is 0.252 e. The van der Waals surface area contributed by atoms with Crippen molar-refractivity contribution in [3.8, 4) is 0 Å². The Balaban J connectivity index is 1.65. The van der Waals surface area contributed by atoms with Gasteiger partial charge in [-0.15, -0.1) is 0 Å². The van der Waals surface area contributed by atoms with Crippen LogP contribution in [-0.4, -0.2) is 37.8 Å². The van der Waals surface area contributed by atoms with E-state index in [1.165, 1.54) is 6.07 Å². The van der Waals surface area contributed by atoms with Gasteiger partial charge in [0.05, 0.1) is 15.5 Å². The van der Waals surface area contributed by atoms with Crippen molar-refractivity contribution in [3.05, 3.63) is 63.6 Å². The van der Waals surface area contributed by atoms with E-state index in [-0.39, 0.29) is 17.0 Å². The summed E-state index contributed by atoms with van der Waals surface area (Å²) in [6.45, 7) is 2.79. The Bertz CT molecular complexity index is 978. The Labute approximate surface area is 182 Å². The molecule has 1 atom stereocenters. The summed E-state index contributed by atoms with van der Waals surface area (Å²) in [6.07, 6.45) is 3.14. The third-order valence-electron chi connectivity index (χ3n) is 5.14. The number of carbonyl (C=O) groups excluding carboxylic acids is 1. The quantitative estimate of drug-likeness (QED) is 0.689. The molecule has 1 heterocycles. The first-order valence-electron chi connectivity index (χ1n) is 9.61. The molecule has 1 aliphatic rings. The third kappa shape index (κ3) is 5.31. The molecule has 0 bridgehead atoms. The predicted octanol–water partition coefficient (Wildman–Crippen LogP) is 4.67. The van der Waals surface area contributed by atoms with Crippen molar-refractivity contribution in [1.82, 2.24) is 9.62 Å². The lowest BCUT2D eigenvalue weighted by molar-refractivity contribution is 0.0949. The van der Waals surface area contributed by atoms with Crippen LogP contribution in [0.2, 0.25) is 10.0 Å². The first kappa shape index (κ1) is 22.1. The van der Waals surface area contributed by atoms with Crippen LogP contribution in [-0.2, 0) is 10.0 Å². The van der Waals surface area contributed by atoms with Crippen LogP contribution in [0.4, 0.5) is 0 Å². The van der Waals surface area contributed by atoms with E-state index in [1.54, 1.807) is 28.6 Å². The number of halogens is 2. The molecule has 0 radical (unpaired) electrons. The molecule has 3 rings (SSSR count). The van der Waals surface area contributed by atoms with Crippen LogP contribution >= 0.6 is 23.2 Å². The van der Waals surface area contributed by atoms with Crippen LogP contribution < -0.4 is 5.32 Å². The van der Waals surface area contributed by atoms with E-state index in [0.717, 1.165) is 24.8 Å². The summed E-state index contributed by atoms with van der Waals surface area (Å²) >= 11 is 11.9. The second-order valence-electron chi connectivity index (χ2n) is 7.25. The summed E-state index contributed by atoms with van der Waals surface area (Å²) < 4.78 is 27.8.